The second-order valence-electron chi connectivity index (χ2n) is 6.16. The SMILES string of the molecule is CNc1ncccc1CN1CCCC[C@H]1c1[nH]ncc1S(C)(=O)=O. The van der Waals surface area contributed by atoms with Crippen molar-refractivity contribution >= 4 is 15.7 Å². The number of sulfone groups is 1. The number of nitrogens with one attached hydrogen (secondary N) is 2. The van der Waals surface area contributed by atoms with Crippen molar-refractivity contribution in [2.24, 2.45) is 0 Å². The molecular weight excluding hydrogens is 326 g/mol. The number of likely N-dealkylation sites (tertiary alicyclic amines) is 1. The summed E-state index contributed by atoms with van der Waals surface area (Å²) in [5.41, 5.74) is 1.81. The van der Waals surface area contributed by atoms with Crippen LogP contribution < -0.4 is 5.32 Å². The van der Waals surface area contributed by atoms with E-state index in [4.69, 9.17) is 0 Å². The molecule has 24 heavy (non-hydrogen) atoms. The van der Waals surface area contributed by atoms with Crippen LogP contribution in [0.3, 0.4) is 0 Å². The molecule has 8 heteroatoms. The zero-order valence-corrected chi connectivity index (χ0v) is 14.8. The van der Waals surface area contributed by atoms with E-state index in [0.717, 1.165) is 43.7 Å². The molecule has 3 rings (SSSR count). The monoisotopic (exact) mass is 349 g/mol. The van der Waals surface area contributed by atoms with Crippen LogP contribution in [0, 0.1) is 0 Å². The Hall–Kier alpha value is -1.93. The standard InChI is InChI=1S/C16H23N5O2S/c1-17-16-12(6-5-8-18-16)11-21-9-4-3-7-13(21)15-14(10-19-20-15)24(2,22)23/h5-6,8,10,13H,3-4,7,9,11H2,1-2H3,(H,17,18)(H,19,20)/t13-/m0/s1. The maximum absolute atomic E-state index is 12.0. The molecule has 1 saturated heterocycles. The number of nitrogens with zero attached hydrogens (tertiary/aromatic N) is 3. The van der Waals surface area contributed by atoms with Gasteiger partial charge in [0, 0.05) is 31.6 Å². The van der Waals surface area contributed by atoms with Crippen LogP contribution in [0.15, 0.2) is 29.4 Å². The van der Waals surface area contributed by atoms with Crippen molar-refractivity contribution in [1.82, 2.24) is 20.1 Å². The van der Waals surface area contributed by atoms with Gasteiger partial charge in [0.05, 0.1) is 17.9 Å². The molecule has 2 aromatic rings. The molecule has 0 unspecified atom stereocenters. The third kappa shape index (κ3) is 3.44. The highest BCUT2D eigenvalue weighted by Gasteiger charge is 2.30. The van der Waals surface area contributed by atoms with Gasteiger partial charge in [-0.2, -0.15) is 5.10 Å². The lowest BCUT2D eigenvalue weighted by Gasteiger charge is -2.35. The molecule has 0 aromatic carbocycles. The van der Waals surface area contributed by atoms with Crippen molar-refractivity contribution in [2.75, 3.05) is 25.2 Å². The Morgan fingerprint density at radius 2 is 2.25 bits per heavy atom. The molecule has 2 aromatic heterocycles. The molecule has 0 aliphatic carbocycles. The van der Waals surface area contributed by atoms with Crippen molar-refractivity contribution in [3.8, 4) is 0 Å². The first-order valence-electron chi connectivity index (χ1n) is 8.09. The van der Waals surface area contributed by atoms with E-state index >= 15 is 0 Å². The van der Waals surface area contributed by atoms with Gasteiger partial charge in [-0.3, -0.25) is 10.00 Å². The van der Waals surface area contributed by atoms with Gasteiger partial charge in [-0.15, -0.1) is 0 Å². The van der Waals surface area contributed by atoms with E-state index in [0.29, 0.717) is 10.6 Å². The lowest BCUT2D eigenvalue weighted by molar-refractivity contribution is 0.135. The summed E-state index contributed by atoms with van der Waals surface area (Å²) in [7, 11) is -1.44. The quantitative estimate of drug-likeness (QED) is 0.858. The summed E-state index contributed by atoms with van der Waals surface area (Å²) in [6, 6.07) is 4.00. The van der Waals surface area contributed by atoms with Crippen LogP contribution in [0.5, 0.6) is 0 Å². The molecule has 1 aliphatic heterocycles. The topological polar surface area (TPSA) is 91.0 Å². The predicted octanol–water partition coefficient (Wildman–Crippen LogP) is 1.98. The van der Waals surface area contributed by atoms with Crippen LogP contribution in [-0.4, -0.2) is 48.3 Å². The van der Waals surface area contributed by atoms with Crippen LogP contribution in [0.1, 0.15) is 36.6 Å². The number of anilines is 1. The van der Waals surface area contributed by atoms with Crippen LogP contribution >= 0.6 is 0 Å². The molecule has 0 bridgehead atoms. The van der Waals surface area contributed by atoms with Crippen LogP contribution in [0.25, 0.3) is 0 Å². The second-order valence-corrected chi connectivity index (χ2v) is 8.15. The van der Waals surface area contributed by atoms with Gasteiger partial charge in [0.2, 0.25) is 0 Å². The third-order valence-electron chi connectivity index (χ3n) is 4.48. The molecule has 130 valence electrons. The largest absolute Gasteiger partial charge is 0.373 e. The van der Waals surface area contributed by atoms with Gasteiger partial charge < -0.3 is 5.32 Å². The Labute approximate surface area is 142 Å². The molecule has 2 N–H and O–H groups in total. The van der Waals surface area contributed by atoms with Gasteiger partial charge in [-0.05, 0) is 25.5 Å². The van der Waals surface area contributed by atoms with Gasteiger partial charge in [0.25, 0.3) is 0 Å². The highest BCUT2D eigenvalue weighted by Crippen LogP contribution is 2.34. The molecular formula is C16H23N5O2S. The van der Waals surface area contributed by atoms with E-state index < -0.39 is 9.84 Å². The van der Waals surface area contributed by atoms with Gasteiger partial charge >= 0.3 is 0 Å². The number of pyridine rings is 1. The van der Waals surface area contributed by atoms with Gasteiger partial charge in [0.1, 0.15) is 10.7 Å². The number of rotatable bonds is 5. The van der Waals surface area contributed by atoms with E-state index in [1.807, 2.05) is 13.1 Å². The molecule has 0 radical (unpaired) electrons. The zero-order valence-electron chi connectivity index (χ0n) is 14.0. The first-order chi connectivity index (χ1) is 11.5. The van der Waals surface area contributed by atoms with Crippen molar-refractivity contribution in [1.29, 1.82) is 0 Å². The van der Waals surface area contributed by atoms with E-state index in [1.165, 1.54) is 12.5 Å². The van der Waals surface area contributed by atoms with Gasteiger partial charge in [0.15, 0.2) is 9.84 Å². The number of aromatic nitrogens is 3. The predicted molar refractivity (Wildman–Crippen MR) is 92.5 cm³/mol. The first kappa shape index (κ1) is 16.9. The maximum atomic E-state index is 12.0. The number of piperidine rings is 1. The van der Waals surface area contributed by atoms with Gasteiger partial charge in [-0.25, -0.2) is 13.4 Å². The number of hydrogen-bond acceptors (Lipinski definition) is 6. The van der Waals surface area contributed by atoms with Gasteiger partial charge in [-0.1, -0.05) is 12.5 Å². The molecule has 1 atom stereocenters. The Bertz CT molecular complexity index is 802. The zero-order chi connectivity index (χ0) is 17.2. The van der Waals surface area contributed by atoms with Crippen molar-refractivity contribution in [2.45, 2.75) is 36.7 Å². The molecule has 0 saturated carbocycles. The Morgan fingerprint density at radius 3 is 3.00 bits per heavy atom. The summed E-state index contributed by atoms with van der Waals surface area (Å²) in [6.45, 7) is 1.64. The average molecular weight is 349 g/mol. The third-order valence-corrected chi connectivity index (χ3v) is 5.60. The number of aromatic amines is 1. The second kappa shape index (κ2) is 6.90. The van der Waals surface area contributed by atoms with Crippen molar-refractivity contribution in [3.63, 3.8) is 0 Å². The van der Waals surface area contributed by atoms with E-state index in [1.54, 1.807) is 6.20 Å². The average Bonchev–Trinajstić information content (AvgIpc) is 3.06. The van der Waals surface area contributed by atoms with E-state index in [2.05, 4.69) is 31.5 Å². The fourth-order valence-electron chi connectivity index (χ4n) is 3.34. The summed E-state index contributed by atoms with van der Waals surface area (Å²) in [4.78, 5) is 6.97. The minimum atomic E-state index is -3.29. The normalized spacial score (nSPS) is 19.3. The van der Waals surface area contributed by atoms with Crippen LogP contribution in [0.4, 0.5) is 5.82 Å². The summed E-state index contributed by atoms with van der Waals surface area (Å²) in [6.07, 6.45) is 7.51. The number of H-pyrrole nitrogens is 1. The van der Waals surface area contributed by atoms with E-state index in [9.17, 15) is 8.42 Å². The van der Waals surface area contributed by atoms with Crippen molar-refractivity contribution < 1.29 is 8.42 Å². The molecule has 1 aliphatic rings. The minimum Gasteiger partial charge on any atom is -0.373 e. The summed E-state index contributed by atoms with van der Waals surface area (Å²) >= 11 is 0. The summed E-state index contributed by atoms with van der Waals surface area (Å²) in [5.74, 6) is 0.856. The highest BCUT2D eigenvalue weighted by molar-refractivity contribution is 7.90. The van der Waals surface area contributed by atoms with Crippen LogP contribution in [0.2, 0.25) is 0 Å². The summed E-state index contributed by atoms with van der Waals surface area (Å²) < 4.78 is 24.0. The molecule has 0 amide bonds. The first-order valence-corrected chi connectivity index (χ1v) is 9.99. The van der Waals surface area contributed by atoms with Crippen molar-refractivity contribution in [3.05, 3.63) is 35.8 Å². The Morgan fingerprint density at radius 1 is 1.42 bits per heavy atom. The lowest BCUT2D eigenvalue weighted by atomic mass is 9.98. The summed E-state index contributed by atoms with van der Waals surface area (Å²) in [5, 5.41) is 10.0. The molecule has 3 heterocycles. The maximum Gasteiger partial charge on any atom is 0.178 e. The molecule has 1 fully saturated rings. The Balaban J connectivity index is 1.91. The fourth-order valence-corrected chi connectivity index (χ4v) is 4.16. The van der Waals surface area contributed by atoms with Crippen LogP contribution in [-0.2, 0) is 16.4 Å². The number of hydrogen-bond donors (Lipinski definition) is 2. The van der Waals surface area contributed by atoms with E-state index in [-0.39, 0.29) is 6.04 Å². The molecule has 7 nitrogen and oxygen atoms in total. The molecule has 0 spiro atoms. The highest BCUT2D eigenvalue weighted by atomic mass is 32.2. The smallest absolute Gasteiger partial charge is 0.178 e. The lowest BCUT2D eigenvalue weighted by Crippen LogP contribution is -2.34. The fraction of sp³-hybridized carbons (Fsp3) is 0.500. The minimum absolute atomic E-state index is 0.0240. The Kier molecular flexibility index (Phi) is 4.86.